The molecule has 0 rings (SSSR count). The molecule has 0 aliphatic carbocycles. The number of carbonyl (C=O) groups excluding carboxylic acids is 3. The average Bonchev–Trinajstić information content (AvgIpc) is 3.23. The van der Waals surface area contributed by atoms with Crippen LogP contribution in [0.5, 0.6) is 0 Å². The van der Waals surface area contributed by atoms with Crippen LogP contribution in [0.4, 0.5) is 0 Å². The number of carbonyl (C=O) groups is 3. The monoisotopic (exact) mass is 821 g/mol. The molecule has 0 aliphatic heterocycles. The Hall–Kier alpha value is -3.41. The van der Waals surface area contributed by atoms with Crippen LogP contribution in [0, 0.1) is 0 Å². The zero-order valence-electron chi connectivity index (χ0n) is 38.2. The summed E-state index contributed by atoms with van der Waals surface area (Å²) in [5, 5.41) is 0. The first-order valence-electron chi connectivity index (χ1n) is 24.1. The van der Waals surface area contributed by atoms with Gasteiger partial charge in [-0.1, -0.05) is 176 Å². The van der Waals surface area contributed by atoms with Crippen LogP contribution in [0.2, 0.25) is 0 Å². The van der Waals surface area contributed by atoms with Gasteiger partial charge in [-0.2, -0.15) is 0 Å². The summed E-state index contributed by atoms with van der Waals surface area (Å²) in [6, 6.07) is 0. The van der Waals surface area contributed by atoms with E-state index >= 15 is 0 Å². The van der Waals surface area contributed by atoms with Crippen LogP contribution in [0.1, 0.15) is 213 Å². The first-order valence-corrected chi connectivity index (χ1v) is 24.1. The minimum absolute atomic E-state index is 0.103. The Morgan fingerprint density at radius 2 is 0.695 bits per heavy atom. The third kappa shape index (κ3) is 45.5. The molecule has 0 saturated heterocycles. The van der Waals surface area contributed by atoms with Crippen LogP contribution in [0.25, 0.3) is 0 Å². The van der Waals surface area contributed by atoms with Crippen molar-refractivity contribution in [2.24, 2.45) is 0 Å². The van der Waals surface area contributed by atoms with Gasteiger partial charge in [-0.15, -0.1) is 0 Å². The van der Waals surface area contributed by atoms with Gasteiger partial charge in [0.25, 0.3) is 0 Å². The summed E-state index contributed by atoms with van der Waals surface area (Å²) in [4.78, 5) is 37.8. The lowest BCUT2D eigenvalue weighted by molar-refractivity contribution is -0.167. The molecule has 0 spiro atoms. The van der Waals surface area contributed by atoms with Gasteiger partial charge in [0.1, 0.15) is 13.2 Å². The number of hydrogen-bond donors (Lipinski definition) is 0. The predicted molar refractivity (Wildman–Crippen MR) is 251 cm³/mol. The van der Waals surface area contributed by atoms with Crippen molar-refractivity contribution in [1.82, 2.24) is 0 Å². The van der Waals surface area contributed by atoms with E-state index in [2.05, 4.69) is 106 Å². The van der Waals surface area contributed by atoms with Crippen LogP contribution in [0.3, 0.4) is 0 Å². The van der Waals surface area contributed by atoms with Crippen LogP contribution in [-0.4, -0.2) is 37.2 Å². The van der Waals surface area contributed by atoms with E-state index in [1.165, 1.54) is 64.2 Å². The molecule has 0 radical (unpaired) electrons. The van der Waals surface area contributed by atoms with Gasteiger partial charge < -0.3 is 14.2 Å². The van der Waals surface area contributed by atoms with Crippen molar-refractivity contribution < 1.29 is 28.6 Å². The van der Waals surface area contributed by atoms with E-state index in [0.717, 1.165) is 103 Å². The predicted octanol–water partition coefficient (Wildman–Crippen LogP) is 15.6. The molecule has 0 amide bonds. The zero-order chi connectivity index (χ0) is 43.0. The molecule has 0 bridgehead atoms. The number of esters is 3. The molecule has 59 heavy (non-hydrogen) atoms. The lowest BCUT2D eigenvalue weighted by atomic mass is 10.1. The lowest BCUT2D eigenvalue weighted by Gasteiger charge is -2.18. The summed E-state index contributed by atoms with van der Waals surface area (Å²) in [6.45, 7) is 6.39. The highest BCUT2D eigenvalue weighted by atomic mass is 16.6. The summed E-state index contributed by atoms with van der Waals surface area (Å²) in [5.41, 5.74) is 0. The smallest absolute Gasteiger partial charge is 0.306 e. The molecule has 0 unspecified atom stereocenters. The first-order chi connectivity index (χ1) is 29.0. The van der Waals surface area contributed by atoms with E-state index in [-0.39, 0.29) is 37.5 Å². The Kier molecular flexibility index (Phi) is 44.5. The van der Waals surface area contributed by atoms with Gasteiger partial charge in [-0.05, 0) is 103 Å². The molecular weight excluding hydrogens is 733 g/mol. The average molecular weight is 821 g/mol. The van der Waals surface area contributed by atoms with Crippen molar-refractivity contribution in [3.05, 3.63) is 85.1 Å². The maximum atomic E-state index is 12.7. The van der Waals surface area contributed by atoms with Crippen molar-refractivity contribution in [2.45, 2.75) is 219 Å². The van der Waals surface area contributed by atoms with Crippen molar-refractivity contribution >= 4 is 17.9 Å². The van der Waals surface area contributed by atoms with E-state index in [4.69, 9.17) is 14.2 Å². The molecule has 0 aromatic rings. The maximum absolute atomic E-state index is 12.7. The van der Waals surface area contributed by atoms with E-state index in [9.17, 15) is 14.4 Å². The standard InChI is InChI=1S/C53H88O6/c1-4-7-10-13-16-19-22-24-25-26-27-29-32-34-37-40-43-46-52(55)58-49-50(59-53(56)47-44-41-38-35-30-21-18-15-12-9-6-3)48-57-51(54)45-42-39-36-33-31-28-23-20-17-14-11-8-5-2/h7,10,15-16,18-20,23-25,27,29,34,37,50H,4-6,8-9,11-14,17,21-22,26,28,30-33,35-36,38-49H2,1-3H3/b10-7-,18-15-,19-16-,23-20-,25-24-,29-27-,37-34-/t50-/m0/s1. The van der Waals surface area contributed by atoms with Gasteiger partial charge >= 0.3 is 17.9 Å². The van der Waals surface area contributed by atoms with Gasteiger partial charge in [0.2, 0.25) is 0 Å². The molecule has 6 heteroatoms. The van der Waals surface area contributed by atoms with Crippen molar-refractivity contribution in [3.8, 4) is 0 Å². The number of unbranched alkanes of at least 4 members (excludes halogenated alkanes) is 17. The fourth-order valence-corrected chi connectivity index (χ4v) is 6.22. The molecule has 1 atom stereocenters. The van der Waals surface area contributed by atoms with E-state index in [1.54, 1.807) is 0 Å². The highest BCUT2D eigenvalue weighted by molar-refractivity contribution is 5.71. The van der Waals surface area contributed by atoms with E-state index in [0.29, 0.717) is 19.3 Å². The highest BCUT2D eigenvalue weighted by Crippen LogP contribution is 2.12. The number of hydrogen-bond acceptors (Lipinski definition) is 6. The van der Waals surface area contributed by atoms with Gasteiger partial charge in [0, 0.05) is 19.3 Å². The van der Waals surface area contributed by atoms with Crippen LogP contribution >= 0.6 is 0 Å². The minimum atomic E-state index is -0.805. The molecule has 0 heterocycles. The molecule has 0 aromatic carbocycles. The molecule has 6 nitrogen and oxygen atoms in total. The molecule has 336 valence electrons. The van der Waals surface area contributed by atoms with Crippen molar-refractivity contribution in [3.63, 3.8) is 0 Å². The Morgan fingerprint density at radius 3 is 1.17 bits per heavy atom. The topological polar surface area (TPSA) is 78.9 Å². The SMILES string of the molecule is CC/C=C\C/C=C\C/C=C\C/C=C\C/C=C\CCCC(=O)OC[C@H](COC(=O)CCCCCCC/C=C\CCCCCC)OC(=O)CCCCCCC/C=C\CCCC. The van der Waals surface area contributed by atoms with Crippen LogP contribution in [0.15, 0.2) is 85.1 Å². The molecule has 0 N–H and O–H groups in total. The first kappa shape index (κ1) is 55.6. The maximum Gasteiger partial charge on any atom is 0.306 e. The largest absolute Gasteiger partial charge is 0.462 e. The summed E-state index contributed by atoms with van der Waals surface area (Å²) >= 11 is 0. The molecule has 0 fully saturated rings. The van der Waals surface area contributed by atoms with Gasteiger partial charge in [0.15, 0.2) is 6.10 Å². The Bertz CT molecular complexity index is 1170. The number of rotatable bonds is 42. The van der Waals surface area contributed by atoms with Gasteiger partial charge in [-0.3, -0.25) is 14.4 Å². The van der Waals surface area contributed by atoms with Crippen LogP contribution in [-0.2, 0) is 28.6 Å². The van der Waals surface area contributed by atoms with E-state index < -0.39 is 6.10 Å². The summed E-state index contributed by atoms with van der Waals surface area (Å²) in [7, 11) is 0. The highest BCUT2D eigenvalue weighted by Gasteiger charge is 2.19. The quantitative estimate of drug-likeness (QED) is 0.0264. The van der Waals surface area contributed by atoms with Gasteiger partial charge in [0.05, 0.1) is 0 Å². The lowest BCUT2D eigenvalue weighted by Crippen LogP contribution is -2.30. The second kappa shape index (κ2) is 47.3. The third-order valence-electron chi connectivity index (χ3n) is 9.85. The van der Waals surface area contributed by atoms with Gasteiger partial charge in [-0.25, -0.2) is 0 Å². The third-order valence-corrected chi connectivity index (χ3v) is 9.85. The van der Waals surface area contributed by atoms with Crippen molar-refractivity contribution in [1.29, 1.82) is 0 Å². The fourth-order valence-electron chi connectivity index (χ4n) is 6.22. The normalized spacial score (nSPS) is 12.8. The minimum Gasteiger partial charge on any atom is -0.462 e. The fraction of sp³-hybridized carbons (Fsp3) is 0.679. The van der Waals surface area contributed by atoms with E-state index in [1.807, 2.05) is 0 Å². The van der Waals surface area contributed by atoms with Crippen molar-refractivity contribution in [2.75, 3.05) is 13.2 Å². The number of allylic oxidation sites excluding steroid dienone is 14. The van der Waals surface area contributed by atoms with Crippen LogP contribution < -0.4 is 0 Å². The molecule has 0 saturated carbocycles. The summed E-state index contributed by atoms with van der Waals surface area (Å²) < 4.78 is 16.7. The summed E-state index contributed by atoms with van der Waals surface area (Å²) in [5.74, 6) is -0.987. The Balaban J connectivity index is 4.49. The number of ether oxygens (including phenoxy) is 3. The Morgan fingerprint density at radius 1 is 0.356 bits per heavy atom. The molecular formula is C53H88O6. The zero-order valence-corrected chi connectivity index (χ0v) is 38.2. The second-order valence-electron chi connectivity index (χ2n) is 15.6. The second-order valence-corrected chi connectivity index (χ2v) is 15.6. The molecule has 0 aromatic heterocycles. The molecule has 0 aliphatic rings. The summed E-state index contributed by atoms with van der Waals surface area (Å²) in [6.07, 6.45) is 60.0. The Labute approximate surface area is 363 Å².